The van der Waals surface area contributed by atoms with Gasteiger partial charge in [0.05, 0.1) is 32.8 Å². The number of ether oxygens (including phenoxy) is 3. The lowest BCUT2D eigenvalue weighted by Gasteiger charge is -2.14. The molecule has 0 atom stereocenters. The predicted molar refractivity (Wildman–Crippen MR) is 109 cm³/mol. The fourth-order valence-corrected chi connectivity index (χ4v) is 3.87. The van der Waals surface area contributed by atoms with Crippen molar-refractivity contribution in [2.24, 2.45) is 0 Å². The van der Waals surface area contributed by atoms with Crippen molar-refractivity contribution in [3.63, 3.8) is 0 Å². The van der Waals surface area contributed by atoms with Gasteiger partial charge in [-0.15, -0.1) is 0 Å². The second kappa shape index (κ2) is 8.75. The highest BCUT2D eigenvalue weighted by Gasteiger charge is 2.36. The molecule has 3 rings (SSSR count). The van der Waals surface area contributed by atoms with Gasteiger partial charge in [-0.05, 0) is 47.7 Å². The third-order valence-corrected chi connectivity index (χ3v) is 5.50. The van der Waals surface area contributed by atoms with Crippen LogP contribution in [0.15, 0.2) is 35.2 Å². The highest BCUT2D eigenvalue weighted by atomic mass is 35.5. The number of carbonyl (C=O) groups excluding carboxylic acids is 2. The van der Waals surface area contributed by atoms with E-state index in [2.05, 4.69) is 0 Å². The van der Waals surface area contributed by atoms with Crippen LogP contribution >= 0.6 is 23.4 Å². The quantitative estimate of drug-likeness (QED) is 0.608. The van der Waals surface area contributed by atoms with Gasteiger partial charge in [-0.3, -0.25) is 14.5 Å². The Kier molecular flexibility index (Phi) is 6.34. The van der Waals surface area contributed by atoms with Gasteiger partial charge < -0.3 is 14.2 Å². The first-order valence-electron chi connectivity index (χ1n) is 8.37. The number of imide groups is 1. The Labute approximate surface area is 176 Å². The number of hydrogen-bond acceptors (Lipinski definition) is 6. The average Bonchev–Trinajstić information content (AvgIpc) is 2.96. The Balaban J connectivity index is 1.92. The van der Waals surface area contributed by atoms with Gasteiger partial charge in [-0.2, -0.15) is 0 Å². The molecule has 1 aliphatic rings. The minimum Gasteiger partial charge on any atom is -0.493 e. The fraction of sp³-hybridized carbons (Fsp3) is 0.200. The Hall–Kier alpha value is -2.71. The topological polar surface area (TPSA) is 65.1 Å². The highest BCUT2D eigenvalue weighted by molar-refractivity contribution is 8.18. The summed E-state index contributed by atoms with van der Waals surface area (Å²) in [6.07, 6.45) is 1.54. The molecule has 6 nitrogen and oxygen atoms in total. The van der Waals surface area contributed by atoms with Crippen molar-refractivity contribution in [3.8, 4) is 17.2 Å². The summed E-state index contributed by atoms with van der Waals surface area (Å²) >= 11 is 6.78. The van der Waals surface area contributed by atoms with Crippen molar-refractivity contribution in [1.29, 1.82) is 0 Å². The zero-order valence-corrected chi connectivity index (χ0v) is 17.4. The lowest BCUT2D eigenvalue weighted by molar-refractivity contribution is -0.123. The number of nitrogens with zero attached hydrogens (tertiary/aromatic N) is 1. The van der Waals surface area contributed by atoms with Crippen molar-refractivity contribution < 1.29 is 28.2 Å². The van der Waals surface area contributed by atoms with E-state index in [1.807, 2.05) is 0 Å². The molecule has 2 amide bonds. The van der Waals surface area contributed by atoms with Gasteiger partial charge in [0.15, 0.2) is 11.5 Å². The monoisotopic (exact) mass is 437 g/mol. The SMILES string of the molecule is COc1cc(/C=C2/SC(=O)N(Cc3c(F)cccc3Cl)C2=O)cc(OC)c1OC. The first kappa shape index (κ1) is 21.0. The minimum atomic E-state index is -0.579. The van der Waals surface area contributed by atoms with Crippen LogP contribution in [0.2, 0.25) is 5.02 Å². The summed E-state index contributed by atoms with van der Waals surface area (Å²) in [5, 5.41) is -0.356. The third kappa shape index (κ3) is 4.18. The van der Waals surface area contributed by atoms with Crippen LogP contribution < -0.4 is 14.2 Å². The van der Waals surface area contributed by atoms with Crippen LogP contribution in [0.5, 0.6) is 17.2 Å². The van der Waals surface area contributed by atoms with E-state index in [1.165, 1.54) is 39.5 Å². The maximum absolute atomic E-state index is 14.0. The van der Waals surface area contributed by atoms with Crippen LogP contribution in [0.25, 0.3) is 6.08 Å². The van der Waals surface area contributed by atoms with E-state index < -0.39 is 17.0 Å². The second-order valence-electron chi connectivity index (χ2n) is 5.93. The molecule has 1 saturated heterocycles. The van der Waals surface area contributed by atoms with Gasteiger partial charge >= 0.3 is 0 Å². The number of benzene rings is 2. The summed E-state index contributed by atoms with van der Waals surface area (Å²) in [6.45, 7) is -0.247. The number of hydrogen-bond donors (Lipinski definition) is 0. The molecule has 0 aliphatic carbocycles. The summed E-state index contributed by atoms with van der Waals surface area (Å²) in [5.41, 5.74) is 0.666. The van der Waals surface area contributed by atoms with E-state index in [0.717, 1.165) is 16.7 Å². The number of thioether (sulfide) groups is 1. The van der Waals surface area contributed by atoms with E-state index in [4.69, 9.17) is 25.8 Å². The third-order valence-electron chi connectivity index (χ3n) is 4.24. The molecule has 29 heavy (non-hydrogen) atoms. The first-order chi connectivity index (χ1) is 13.9. The zero-order chi connectivity index (χ0) is 21.1. The molecule has 0 N–H and O–H groups in total. The van der Waals surface area contributed by atoms with Crippen LogP contribution in [0.3, 0.4) is 0 Å². The number of rotatable bonds is 6. The summed E-state index contributed by atoms with van der Waals surface area (Å²) in [4.78, 5) is 26.2. The molecule has 1 fully saturated rings. The normalized spacial score (nSPS) is 15.2. The molecule has 2 aromatic carbocycles. The number of amides is 2. The Morgan fingerprint density at radius 2 is 1.76 bits per heavy atom. The maximum atomic E-state index is 14.0. The fourth-order valence-electron chi connectivity index (χ4n) is 2.81. The Morgan fingerprint density at radius 3 is 2.31 bits per heavy atom. The van der Waals surface area contributed by atoms with Crippen LogP contribution in [0, 0.1) is 5.82 Å². The van der Waals surface area contributed by atoms with Gasteiger partial charge in [0.25, 0.3) is 11.1 Å². The molecular weight excluding hydrogens is 421 g/mol. The number of carbonyl (C=O) groups is 2. The zero-order valence-electron chi connectivity index (χ0n) is 15.8. The summed E-state index contributed by atoms with van der Waals surface area (Å²) in [7, 11) is 4.44. The van der Waals surface area contributed by atoms with Crippen molar-refractivity contribution in [2.75, 3.05) is 21.3 Å². The Morgan fingerprint density at radius 1 is 1.10 bits per heavy atom. The van der Waals surface area contributed by atoms with Crippen LogP contribution in [0.4, 0.5) is 9.18 Å². The standard InChI is InChI=1S/C20H17ClFNO5S/c1-26-15-7-11(8-16(27-2)18(15)28-3)9-17-19(24)23(20(25)29-17)10-12-13(21)5-4-6-14(12)22/h4-9H,10H2,1-3H3/b17-9+. The molecule has 0 unspecified atom stereocenters. The molecule has 0 bridgehead atoms. The molecule has 152 valence electrons. The van der Waals surface area contributed by atoms with E-state index in [-0.39, 0.29) is 22.0 Å². The summed E-state index contributed by atoms with van der Waals surface area (Å²) in [6, 6.07) is 7.50. The van der Waals surface area contributed by atoms with Crippen molar-refractivity contribution in [1.82, 2.24) is 4.90 Å². The van der Waals surface area contributed by atoms with Crippen molar-refractivity contribution in [3.05, 3.63) is 57.2 Å². The van der Waals surface area contributed by atoms with Crippen molar-refractivity contribution >= 4 is 40.6 Å². The van der Waals surface area contributed by atoms with E-state index in [0.29, 0.717) is 22.8 Å². The Bertz CT molecular complexity index is 965. The minimum absolute atomic E-state index is 0.0884. The summed E-state index contributed by atoms with van der Waals surface area (Å²) < 4.78 is 29.9. The number of methoxy groups -OCH3 is 3. The van der Waals surface area contributed by atoms with E-state index in [1.54, 1.807) is 18.2 Å². The largest absolute Gasteiger partial charge is 0.493 e. The molecule has 1 heterocycles. The molecule has 0 radical (unpaired) electrons. The van der Waals surface area contributed by atoms with Crippen LogP contribution in [0.1, 0.15) is 11.1 Å². The molecule has 2 aromatic rings. The summed E-state index contributed by atoms with van der Waals surface area (Å²) in [5.74, 6) is 0.124. The predicted octanol–water partition coefficient (Wildman–Crippen LogP) is 4.74. The molecule has 9 heteroatoms. The van der Waals surface area contributed by atoms with Crippen LogP contribution in [-0.4, -0.2) is 37.4 Å². The molecule has 1 aliphatic heterocycles. The average molecular weight is 438 g/mol. The highest BCUT2D eigenvalue weighted by Crippen LogP contribution is 2.40. The molecule has 0 aromatic heterocycles. The van der Waals surface area contributed by atoms with Gasteiger partial charge in [0.1, 0.15) is 5.82 Å². The smallest absolute Gasteiger partial charge is 0.293 e. The molecule has 0 saturated carbocycles. The lowest BCUT2D eigenvalue weighted by atomic mass is 10.1. The maximum Gasteiger partial charge on any atom is 0.293 e. The van der Waals surface area contributed by atoms with Gasteiger partial charge in [-0.1, -0.05) is 17.7 Å². The molecular formula is C20H17ClFNO5S. The first-order valence-corrected chi connectivity index (χ1v) is 9.57. The van der Waals surface area contributed by atoms with Gasteiger partial charge in [0.2, 0.25) is 5.75 Å². The van der Waals surface area contributed by atoms with E-state index >= 15 is 0 Å². The number of halogens is 2. The molecule has 0 spiro atoms. The van der Waals surface area contributed by atoms with Gasteiger partial charge in [-0.25, -0.2) is 4.39 Å². The van der Waals surface area contributed by atoms with Crippen molar-refractivity contribution in [2.45, 2.75) is 6.54 Å². The van der Waals surface area contributed by atoms with E-state index in [9.17, 15) is 14.0 Å². The van der Waals surface area contributed by atoms with Gasteiger partial charge in [0, 0.05) is 10.6 Å². The van der Waals surface area contributed by atoms with Crippen LogP contribution in [-0.2, 0) is 11.3 Å². The second-order valence-corrected chi connectivity index (χ2v) is 7.33. The lowest BCUT2D eigenvalue weighted by Crippen LogP contribution is -2.28.